The summed E-state index contributed by atoms with van der Waals surface area (Å²) in [5, 5.41) is 14.6. The minimum Gasteiger partial charge on any atom is -0.389 e. The maximum atomic E-state index is 12.5. The molecule has 1 saturated carbocycles. The van der Waals surface area contributed by atoms with E-state index in [4.69, 9.17) is 4.52 Å². The molecule has 1 aromatic rings. The molecular weight excluding hydrogens is 268 g/mol. The second-order valence-corrected chi connectivity index (χ2v) is 6.82. The molecule has 2 heterocycles. The van der Waals surface area contributed by atoms with Crippen molar-refractivity contribution in [1.82, 2.24) is 10.1 Å². The molecule has 116 valence electrons. The lowest BCUT2D eigenvalue weighted by Gasteiger charge is -2.47. The Morgan fingerprint density at radius 1 is 1.48 bits per heavy atom. The van der Waals surface area contributed by atoms with Gasteiger partial charge in [0.1, 0.15) is 5.76 Å². The molecule has 0 bridgehead atoms. The molecule has 2 aliphatic rings. The van der Waals surface area contributed by atoms with E-state index < -0.39 is 5.60 Å². The monoisotopic (exact) mass is 292 g/mol. The topological polar surface area (TPSA) is 66.6 Å². The number of likely N-dealkylation sites (tertiary alicyclic amines) is 1. The number of amides is 1. The first-order chi connectivity index (χ1) is 9.99. The fourth-order valence-electron chi connectivity index (χ4n) is 3.58. The third kappa shape index (κ3) is 2.71. The molecular formula is C16H24N2O3. The van der Waals surface area contributed by atoms with Crippen molar-refractivity contribution in [2.45, 2.75) is 57.5 Å². The van der Waals surface area contributed by atoms with Gasteiger partial charge in [0.25, 0.3) is 5.91 Å². The minimum atomic E-state index is -0.554. The third-order valence-electron chi connectivity index (χ3n) is 5.03. The highest BCUT2D eigenvalue weighted by Gasteiger charge is 2.44. The Kier molecular flexibility index (Phi) is 3.78. The lowest BCUT2D eigenvalue weighted by molar-refractivity contribution is -0.0887. The first kappa shape index (κ1) is 14.6. The Hall–Kier alpha value is -1.36. The first-order valence-electron chi connectivity index (χ1n) is 7.98. The summed E-state index contributed by atoms with van der Waals surface area (Å²) in [5.41, 5.74) is -0.165. The molecule has 21 heavy (non-hydrogen) atoms. The highest BCUT2D eigenvalue weighted by molar-refractivity contribution is 5.92. The molecule has 2 unspecified atom stereocenters. The lowest BCUT2D eigenvalue weighted by Crippen LogP contribution is -2.54. The number of aliphatic hydroxyl groups is 1. The zero-order valence-corrected chi connectivity index (χ0v) is 12.8. The molecule has 2 atom stereocenters. The van der Waals surface area contributed by atoms with E-state index >= 15 is 0 Å². The van der Waals surface area contributed by atoms with Crippen molar-refractivity contribution in [3.8, 4) is 0 Å². The van der Waals surface area contributed by atoms with E-state index in [1.807, 2.05) is 18.7 Å². The summed E-state index contributed by atoms with van der Waals surface area (Å²) in [4.78, 5) is 14.4. The van der Waals surface area contributed by atoms with Crippen LogP contribution in [0.3, 0.4) is 0 Å². The average molecular weight is 292 g/mol. The van der Waals surface area contributed by atoms with Crippen LogP contribution in [-0.2, 0) is 0 Å². The highest BCUT2D eigenvalue weighted by atomic mass is 16.5. The molecule has 1 aromatic heterocycles. The molecule has 0 radical (unpaired) electrons. The van der Waals surface area contributed by atoms with Crippen LogP contribution < -0.4 is 0 Å². The Morgan fingerprint density at radius 2 is 2.29 bits per heavy atom. The maximum Gasteiger partial charge on any atom is 0.276 e. The van der Waals surface area contributed by atoms with Gasteiger partial charge in [-0.1, -0.05) is 31.8 Å². The van der Waals surface area contributed by atoms with Gasteiger partial charge < -0.3 is 14.5 Å². The molecule has 1 amide bonds. The number of hydrogen-bond acceptors (Lipinski definition) is 4. The second kappa shape index (κ2) is 5.44. The smallest absolute Gasteiger partial charge is 0.276 e. The zero-order valence-electron chi connectivity index (χ0n) is 12.8. The Morgan fingerprint density at radius 3 is 3.00 bits per heavy atom. The molecule has 5 nitrogen and oxygen atoms in total. The van der Waals surface area contributed by atoms with Gasteiger partial charge in [-0.3, -0.25) is 4.79 Å². The number of piperidine rings is 1. The van der Waals surface area contributed by atoms with Gasteiger partial charge in [0.15, 0.2) is 5.69 Å². The summed E-state index contributed by atoms with van der Waals surface area (Å²) >= 11 is 0. The Balaban J connectivity index is 1.71. The Labute approximate surface area is 125 Å². The number of aromatic nitrogens is 1. The standard InChI is InChI=1S/C16H24N2O3/c1-11(2)14-9-13(17-21-14)15(19)18-8-7-16(20)6-4-3-5-12(16)10-18/h9,11-12,20H,3-8,10H2,1-2H3. The SMILES string of the molecule is CC(C)c1cc(C(=O)N2CCC3(O)CCCCC3C2)no1. The van der Waals surface area contributed by atoms with Crippen LogP contribution in [0.4, 0.5) is 0 Å². The summed E-state index contributed by atoms with van der Waals surface area (Å²) in [5.74, 6) is 1.10. The van der Waals surface area contributed by atoms with Crippen molar-refractivity contribution in [2.75, 3.05) is 13.1 Å². The van der Waals surface area contributed by atoms with Crippen molar-refractivity contribution in [3.05, 3.63) is 17.5 Å². The van der Waals surface area contributed by atoms with Crippen LogP contribution in [0.25, 0.3) is 0 Å². The van der Waals surface area contributed by atoms with Crippen LogP contribution in [0.15, 0.2) is 10.6 Å². The predicted molar refractivity (Wildman–Crippen MR) is 78.0 cm³/mol. The largest absolute Gasteiger partial charge is 0.389 e. The lowest BCUT2D eigenvalue weighted by atomic mass is 9.71. The summed E-state index contributed by atoms with van der Waals surface area (Å²) in [6, 6.07) is 1.74. The molecule has 1 aliphatic heterocycles. The van der Waals surface area contributed by atoms with E-state index in [1.165, 1.54) is 0 Å². The van der Waals surface area contributed by atoms with Gasteiger partial charge in [-0.25, -0.2) is 0 Å². The zero-order chi connectivity index (χ0) is 15.0. The average Bonchev–Trinajstić information content (AvgIpc) is 2.95. The van der Waals surface area contributed by atoms with Gasteiger partial charge in [-0.05, 0) is 19.3 Å². The van der Waals surface area contributed by atoms with E-state index in [9.17, 15) is 9.90 Å². The van der Waals surface area contributed by atoms with Crippen LogP contribution in [0, 0.1) is 5.92 Å². The van der Waals surface area contributed by atoms with Crippen molar-refractivity contribution in [2.24, 2.45) is 5.92 Å². The molecule has 2 fully saturated rings. The second-order valence-electron chi connectivity index (χ2n) is 6.82. The van der Waals surface area contributed by atoms with E-state index in [2.05, 4.69) is 5.16 Å². The van der Waals surface area contributed by atoms with Gasteiger partial charge in [-0.2, -0.15) is 0 Å². The van der Waals surface area contributed by atoms with Gasteiger partial charge in [0.2, 0.25) is 0 Å². The summed E-state index contributed by atoms with van der Waals surface area (Å²) in [6.45, 7) is 5.27. The van der Waals surface area contributed by atoms with E-state index in [1.54, 1.807) is 6.07 Å². The highest BCUT2D eigenvalue weighted by Crippen LogP contribution is 2.40. The van der Waals surface area contributed by atoms with E-state index in [-0.39, 0.29) is 17.7 Å². The van der Waals surface area contributed by atoms with E-state index in [0.717, 1.165) is 31.4 Å². The first-order valence-corrected chi connectivity index (χ1v) is 7.98. The number of carbonyl (C=O) groups excluding carboxylic acids is 1. The van der Waals surface area contributed by atoms with Crippen LogP contribution in [0.2, 0.25) is 0 Å². The number of rotatable bonds is 2. The molecule has 1 saturated heterocycles. The van der Waals surface area contributed by atoms with Crippen molar-refractivity contribution < 1.29 is 14.4 Å². The number of nitrogens with zero attached hydrogens (tertiary/aromatic N) is 2. The number of hydrogen-bond donors (Lipinski definition) is 1. The fourth-order valence-corrected chi connectivity index (χ4v) is 3.58. The van der Waals surface area contributed by atoms with Gasteiger partial charge >= 0.3 is 0 Å². The van der Waals surface area contributed by atoms with Gasteiger partial charge in [-0.15, -0.1) is 0 Å². The normalized spacial score (nSPS) is 29.5. The molecule has 3 rings (SSSR count). The van der Waals surface area contributed by atoms with Crippen LogP contribution in [-0.4, -0.2) is 39.8 Å². The van der Waals surface area contributed by atoms with Gasteiger partial charge in [0.05, 0.1) is 5.60 Å². The quantitative estimate of drug-likeness (QED) is 0.909. The summed E-state index contributed by atoms with van der Waals surface area (Å²) in [7, 11) is 0. The van der Waals surface area contributed by atoms with Crippen molar-refractivity contribution >= 4 is 5.91 Å². The molecule has 1 aliphatic carbocycles. The molecule has 1 N–H and O–H groups in total. The third-order valence-corrected chi connectivity index (χ3v) is 5.03. The molecule has 5 heteroatoms. The summed E-state index contributed by atoms with van der Waals surface area (Å²) in [6.07, 6.45) is 4.81. The van der Waals surface area contributed by atoms with Crippen molar-refractivity contribution in [3.63, 3.8) is 0 Å². The van der Waals surface area contributed by atoms with Crippen LogP contribution in [0.5, 0.6) is 0 Å². The minimum absolute atomic E-state index is 0.0710. The molecule has 0 aromatic carbocycles. The van der Waals surface area contributed by atoms with Gasteiger partial charge in [0, 0.05) is 31.0 Å². The maximum absolute atomic E-state index is 12.5. The van der Waals surface area contributed by atoms with Crippen LogP contribution >= 0.6 is 0 Å². The predicted octanol–water partition coefficient (Wildman–Crippen LogP) is 2.57. The Bertz CT molecular complexity index is 525. The number of fused-ring (bicyclic) bond motifs is 1. The number of carbonyl (C=O) groups is 1. The fraction of sp³-hybridized carbons (Fsp3) is 0.750. The summed E-state index contributed by atoms with van der Waals surface area (Å²) < 4.78 is 5.22. The van der Waals surface area contributed by atoms with Crippen molar-refractivity contribution in [1.29, 1.82) is 0 Å². The van der Waals surface area contributed by atoms with Crippen LogP contribution in [0.1, 0.15) is 68.1 Å². The van der Waals surface area contributed by atoms with E-state index in [0.29, 0.717) is 25.2 Å². The molecule has 0 spiro atoms.